The van der Waals surface area contributed by atoms with Crippen LogP contribution in [0.3, 0.4) is 0 Å². The highest BCUT2D eigenvalue weighted by Crippen LogP contribution is 2.42. The number of nitrogens with zero attached hydrogens (tertiary/aromatic N) is 3. The molecule has 5 heteroatoms. The second kappa shape index (κ2) is 6.28. The van der Waals surface area contributed by atoms with Crippen LogP contribution in [0.5, 0.6) is 0 Å². The van der Waals surface area contributed by atoms with E-state index in [-0.39, 0.29) is 23.3 Å². The van der Waals surface area contributed by atoms with Crippen molar-refractivity contribution < 1.29 is 9.18 Å². The minimum Gasteiger partial charge on any atom is -0.334 e. The lowest BCUT2D eigenvalue weighted by molar-refractivity contribution is 0.0735. The fourth-order valence-electron chi connectivity index (χ4n) is 3.03. The second-order valence-corrected chi connectivity index (χ2v) is 7.95. The zero-order chi connectivity index (χ0) is 18.4. The average Bonchev–Trinajstić information content (AvgIpc) is 3.30. The Bertz CT molecular complexity index is 769. The maximum Gasteiger partial charge on any atom is 0.274 e. The van der Waals surface area contributed by atoms with Gasteiger partial charge >= 0.3 is 0 Å². The summed E-state index contributed by atoms with van der Waals surface area (Å²) < 4.78 is 15.1. The molecule has 0 unspecified atom stereocenters. The molecule has 1 aromatic carbocycles. The molecule has 0 bridgehead atoms. The zero-order valence-electron chi connectivity index (χ0n) is 15.6. The third-order valence-corrected chi connectivity index (χ3v) is 4.84. The van der Waals surface area contributed by atoms with Crippen molar-refractivity contribution in [2.75, 3.05) is 7.05 Å². The Labute approximate surface area is 148 Å². The molecule has 3 rings (SSSR count). The Balaban J connectivity index is 1.86. The van der Waals surface area contributed by atoms with Gasteiger partial charge in [0.05, 0.1) is 11.6 Å². The maximum atomic E-state index is 13.1. The van der Waals surface area contributed by atoms with Gasteiger partial charge in [0.1, 0.15) is 5.82 Å². The summed E-state index contributed by atoms with van der Waals surface area (Å²) in [5.74, 6) is 0.137. The molecule has 0 saturated heterocycles. The van der Waals surface area contributed by atoms with Crippen LogP contribution in [-0.4, -0.2) is 27.6 Å². The molecular formula is C20H26FN3O. The molecular weight excluding hydrogens is 317 g/mol. The van der Waals surface area contributed by atoms with Crippen LogP contribution in [0, 0.1) is 5.82 Å². The summed E-state index contributed by atoms with van der Waals surface area (Å²) >= 11 is 0. The Hall–Kier alpha value is -2.17. The molecule has 1 aliphatic carbocycles. The van der Waals surface area contributed by atoms with E-state index >= 15 is 0 Å². The number of hydrogen-bond donors (Lipinski definition) is 0. The first kappa shape index (κ1) is 17.6. The lowest BCUT2D eigenvalue weighted by Gasteiger charge is -2.25. The normalized spacial score (nSPS) is 15.9. The lowest BCUT2D eigenvalue weighted by atomic mass is 10.1. The van der Waals surface area contributed by atoms with Crippen LogP contribution in [0.2, 0.25) is 0 Å². The predicted molar refractivity (Wildman–Crippen MR) is 96.1 cm³/mol. The first-order chi connectivity index (χ1) is 11.7. The number of benzene rings is 1. The van der Waals surface area contributed by atoms with Crippen molar-refractivity contribution in [3.05, 3.63) is 53.1 Å². The average molecular weight is 343 g/mol. The Morgan fingerprint density at radius 2 is 1.88 bits per heavy atom. The smallest absolute Gasteiger partial charge is 0.274 e. The summed E-state index contributed by atoms with van der Waals surface area (Å²) in [6, 6.07) is 8.06. The van der Waals surface area contributed by atoms with Gasteiger partial charge in [-0.1, -0.05) is 12.1 Å². The molecule has 1 aliphatic rings. The number of rotatable bonds is 4. The van der Waals surface area contributed by atoms with E-state index in [2.05, 4.69) is 25.9 Å². The minimum atomic E-state index is -0.275. The molecule has 4 nitrogen and oxygen atoms in total. The Kier molecular flexibility index (Phi) is 4.43. The van der Waals surface area contributed by atoms with Crippen LogP contribution in [0.15, 0.2) is 30.3 Å². The van der Waals surface area contributed by atoms with Gasteiger partial charge in [0, 0.05) is 18.7 Å². The van der Waals surface area contributed by atoms with Crippen LogP contribution in [0.1, 0.15) is 74.2 Å². The quantitative estimate of drug-likeness (QED) is 0.820. The maximum absolute atomic E-state index is 13.1. The SMILES string of the molecule is C[C@H](c1ccc(F)cc1)N(C)C(=O)c1cc(C2CC2)n(C(C)(C)C)n1. The second-order valence-electron chi connectivity index (χ2n) is 7.95. The highest BCUT2D eigenvalue weighted by atomic mass is 19.1. The molecule has 0 spiro atoms. The number of hydrogen-bond acceptors (Lipinski definition) is 2. The highest BCUT2D eigenvalue weighted by Gasteiger charge is 2.33. The van der Waals surface area contributed by atoms with Crippen LogP contribution < -0.4 is 0 Å². The van der Waals surface area contributed by atoms with Gasteiger partial charge in [-0.15, -0.1) is 0 Å². The van der Waals surface area contributed by atoms with Gasteiger partial charge in [-0.05, 0) is 64.3 Å². The van der Waals surface area contributed by atoms with Crippen molar-refractivity contribution >= 4 is 5.91 Å². The van der Waals surface area contributed by atoms with Crippen molar-refractivity contribution in [1.29, 1.82) is 0 Å². The van der Waals surface area contributed by atoms with Crippen LogP contribution in [0.4, 0.5) is 4.39 Å². The van der Waals surface area contributed by atoms with Gasteiger partial charge in [0.15, 0.2) is 5.69 Å². The molecule has 134 valence electrons. The van der Waals surface area contributed by atoms with Crippen molar-refractivity contribution in [1.82, 2.24) is 14.7 Å². The number of amides is 1. The number of carbonyl (C=O) groups is 1. The van der Waals surface area contributed by atoms with Crippen molar-refractivity contribution in [2.24, 2.45) is 0 Å². The van der Waals surface area contributed by atoms with E-state index < -0.39 is 0 Å². The number of halogens is 1. The highest BCUT2D eigenvalue weighted by molar-refractivity contribution is 5.92. The molecule has 2 aromatic rings. The van der Waals surface area contributed by atoms with Crippen LogP contribution in [0.25, 0.3) is 0 Å². The summed E-state index contributed by atoms with van der Waals surface area (Å²) in [7, 11) is 1.77. The van der Waals surface area contributed by atoms with E-state index in [0.717, 1.165) is 24.1 Å². The molecule has 1 amide bonds. The van der Waals surface area contributed by atoms with Crippen LogP contribution in [-0.2, 0) is 5.54 Å². The zero-order valence-corrected chi connectivity index (χ0v) is 15.6. The molecule has 1 atom stereocenters. The standard InChI is InChI=1S/C20H26FN3O/c1-13(14-8-10-16(21)11-9-14)23(5)19(25)17-12-18(15-6-7-15)24(22-17)20(2,3)4/h8-13,15H,6-7H2,1-5H3/t13-/m1/s1. The lowest BCUT2D eigenvalue weighted by Crippen LogP contribution is -2.31. The fourth-order valence-corrected chi connectivity index (χ4v) is 3.03. The van der Waals surface area contributed by atoms with Crippen molar-refractivity contribution in [3.63, 3.8) is 0 Å². The number of carbonyl (C=O) groups excluding carboxylic acids is 1. The molecule has 1 heterocycles. The van der Waals surface area contributed by atoms with Gasteiger partial charge < -0.3 is 4.90 Å². The summed E-state index contributed by atoms with van der Waals surface area (Å²) in [5, 5.41) is 4.62. The summed E-state index contributed by atoms with van der Waals surface area (Å²) in [6.07, 6.45) is 2.33. The summed E-state index contributed by atoms with van der Waals surface area (Å²) in [5.41, 5.74) is 2.37. The third kappa shape index (κ3) is 3.60. The first-order valence-corrected chi connectivity index (χ1v) is 8.81. The van der Waals surface area contributed by atoms with E-state index in [0.29, 0.717) is 11.6 Å². The third-order valence-electron chi connectivity index (χ3n) is 4.84. The molecule has 1 saturated carbocycles. The topological polar surface area (TPSA) is 38.1 Å². The van der Waals surface area contributed by atoms with Gasteiger partial charge in [-0.3, -0.25) is 9.48 Å². The summed E-state index contributed by atoms with van der Waals surface area (Å²) in [6.45, 7) is 8.24. The van der Waals surface area contributed by atoms with E-state index in [9.17, 15) is 9.18 Å². The number of aromatic nitrogens is 2. The fraction of sp³-hybridized carbons (Fsp3) is 0.500. The van der Waals surface area contributed by atoms with E-state index in [4.69, 9.17) is 0 Å². The van der Waals surface area contributed by atoms with Crippen molar-refractivity contribution in [2.45, 2.75) is 58.0 Å². The van der Waals surface area contributed by atoms with Gasteiger partial charge in [-0.25, -0.2) is 4.39 Å². The Morgan fingerprint density at radius 3 is 2.40 bits per heavy atom. The largest absolute Gasteiger partial charge is 0.334 e. The van der Waals surface area contributed by atoms with E-state index in [1.54, 1.807) is 24.1 Å². The Morgan fingerprint density at radius 1 is 1.28 bits per heavy atom. The molecule has 0 aliphatic heterocycles. The molecule has 0 radical (unpaired) electrons. The molecule has 1 aromatic heterocycles. The first-order valence-electron chi connectivity index (χ1n) is 8.81. The van der Waals surface area contributed by atoms with Crippen molar-refractivity contribution in [3.8, 4) is 0 Å². The van der Waals surface area contributed by atoms with Crippen LogP contribution >= 0.6 is 0 Å². The predicted octanol–water partition coefficient (Wildman–Crippen LogP) is 4.49. The van der Waals surface area contributed by atoms with Gasteiger partial charge in [0.2, 0.25) is 0 Å². The van der Waals surface area contributed by atoms with E-state index in [1.807, 2.05) is 17.7 Å². The van der Waals surface area contributed by atoms with Gasteiger partial charge in [-0.2, -0.15) is 5.10 Å². The monoisotopic (exact) mass is 343 g/mol. The minimum absolute atomic E-state index is 0.110. The molecule has 1 fully saturated rings. The molecule has 0 N–H and O–H groups in total. The molecule has 25 heavy (non-hydrogen) atoms. The van der Waals surface area contributed by atoms with E-state index in [1.165, 1.54) is 12.1 Å². The summed E-state index contributed by atoms with van der Waals surface area (Å²) in [4.78, 5) is 14.6. The van der Waals surface area contributed by atoms with Gasteiger partial charge in [0.25, 0.3) is 5.91 Å².